The standard InChI is InChI=1S/C11H13N5/c1-3-9-14-10(16-11(12)15-9)8-6-7(2)4-5-13-8/h4-6H,3H2,1-2H3,(H2,12,14,15,16). The van der Waals surface area contributed by atoms with Gasteiger partial charge in [-0.25, -0.2) is 4.98 Å². The molecule has 0 fully saturated rings. The minimum atomic E-state index is 0.241. The Morgan fingerprint density at radius 1 is 1.25 bits per heavy atom. The van der Waals surface area contributed by atoms with Gasteiger partial charge in [0.25, 0.3) is 0 Å². The quantitative estimate of drug-likeness (QED) is 0.819. The fourth-order valence-corrected chi connectivity index (χ4v) is 1.37. The van der Waals surface area contributed by atoms with Gasteiger partial charge in [0.15, 0.2) is 5.82 Å². The van der Waals surface area contributed by atoms with E-state index >= 15 is 0 Å². The molecule has 0 aliphatic rings. The lowest BCUT2D eigenvalue weighted by Crippen LogP contribution is -2.04. The van der Waals surface area contributed by atoms with Crippen LogP contribution in [0.15, 0.2) is 18.3 Å². The minimum absolute atomic E-state index is 0.241. The molecule has 0 saturated carbocycles. The fraction of sp³-hybridized carbons (Fsp3) is 0.273. The molecule has 16 heavy (non-hydrogen) atoms. The Labute approximate surface area is 93.8 Å². The number of hydrogen-bond donors (Lipinski definition) is 1. The summed E-state index contributed by atoms with van der Waals surface area (Å²) in [5, 5.41) is 0. The number of aromatic nitrogens is 4. The highest BCUT2D eigenvalue weighted by atomic mass is 15.1. The zero-order valence-corrected chi connectivity index (χ0v) is 9.31. The second-order valence-corrected chi connectivity index (χ2v) is 3.51. The maximum absolute atomic E-state index is 5.62. The highest BCUT2D eigenvalue weighted by Gasteiger charge is 2.06. The van der Waals surface area contributed by atoms with Crippen molar-refractivity contribution in [3.63, 3.8) is 0 Å². The van der Waals surface area contributed by atoms with E-state index in [1.54, 1.807) is 6.20 Å². The summed E-state index contributed by atoms with van der Waals surface area (Å²) in [5.41, 5.74) is 7.46. The summed E-state index contributed by atoms with van der Waals surface area (Å²) in [6.45, 7) is 3.97. The molecule has 0 atom stereocenters. The molecule has 2 N–H and O–H groups in total. The predicted octanol–water partition coefficient (Wildman–Crippen LogP) is 1.39. The Kier molecular flexibility index (Phi) is 2.76. The van der Waals surface area contributed by atoms with Crippen LogP contribution in [-0.2, 0) is 6.42 Å². The maximum atomic E-state index is 5.62. The van der Waals surface area contributed by atoms with E-state index in [0.29, 0.717) is 11.6 Å². The summed E-state index contributed by atoms with van der Waals surface area (Å²) < 4.78 is 0. The molecule has 0 unspecified atom stereocenters. The summed E-state index contributed by atoms with van der Waals surface area (Å²) >= 11 is 0. The SMILES string of the molecule is CCc1nc(N)nc(-c2cc(C)ccn2)n1. The number of anilines is 1. The van der Waals surface area contributed by atoms with Crippen LogP contribution in [0.4, 0.5) is 5.95 Å². The van der Waals surface area contributed by atoms with Crippen molar-refractivity contribution in [2.75, 3.05) is 5.73 Å². The van der Waals surface area contributed by atoms with Crippen molar-refractivity contribution in [1.29, 1.82) is 0 Å². The zero-order valence-electron chi connectivity index (χ0n) is 9.31. The number of hydrogen-bond acceptors (Lipinski definition) is 5. The smallest absolute Gasteiger partial charge is 0.223 e. The number of rotatable bonds is 2. The highest BCUT2D eigenvalue weighted by Crippen LogP contribution is 2.13. The van der Waals surface area contributed by atoms with Gasteiger partial charge >= 0.3 is 0 Å². The highest BCUT2D eigenvalue weighted by molar-refractivity contribution is 5.51. The van der Waals surface area contributed by atoms with Crippen molar-refractivity contribution in [3.05, 3.63) is 29.7 Å². The van der Waals surface area contributed by atoms with Gasteiger partial charge in [-0.3, -0.25) is 4.98 Å². The van der Waals surface area contributed by atoms with Crippen LogP contribution in [-0.4, -0.2) is 19.9 Å². The third-order valence-electron chi connectivity index (χ3n) is 2.16. The molecule has 82 valence electrons. The normalized spacial score (nSPS) is 10.4. The molecule has 2 aromatic heterocycles. The summed E-state index contributed by atoms with van der Waals surface area (Å²) in [5.74, 6) is 1.46. The molecule has 0 radical (unpaired) electrons. The zero-order chi connectivity index (χ0) is 11.5. The molecule has 5 heteroatoms. The van der Waals surface area contributed by atoms with Crippen LogP contribution < -0.4 is 5.73 Å². The first-order chi connectivity index (χ1) is 7.69. The third-order valence-corrected chi connectivity index (χ3v) is 2.16. The van der Waals surface area contributed by atoms with Crippen molar-refractivity contribution in [2.45, 2.75) is 20.3 Å². The predicted molar refractivity (Wildman–Crippen MR) is 61.6 cm³/mol. The van der Waals surface area contributed by atoms with Gasteiger partial charge in [-0.1, -0.05) is 6.92 Å². The van der Waals surface area contributed by atoms with E-state index in [0.717, 1.165) is 17.7 Å². The van der Waals surface area contributed by atoms with Gasteiger partial charge in [0.1, 0.15) is 11.5 Å². The first-order valence-corrected chi connectivity index (χ1v) is 5.12. The van der Waals surface area contributed by atoms with Gasteiger partial charge in [-0.2, -0.15) is 9.97 Å². The Morgan fingerprint density at radius 2 is 2.06 bits per heavy atom. The van der Waals surface area contributed by atoms with Crippen molar-refractivity contribution in [2.24, 2.45) is 0 Å². The topological polar surface area (TPSA) is 77.6 Å². The van der Waals surface area contributed by atoms with Crippen LogP contribution >= 0.6 is 0 Å². The first kappa shape index (κ1) is 10.5. The Hall–Kier alpha value is -2.04. The average molecular weight is 215 g/mol. The monoisotopic (exact) mass is 215 g/mol. The van der Waals surface area contributed by atoms with E-state index in [1.807, 2.05) is 26.0 Å². The summed E-state index contributed by atoms with van der Waals surface area (Å²) in [6.07, 6.45) is 2.46. The van der Waals surface area contributed by atoms with Crippen LogP contribution in [0.5, 0.6) is 0 Å². The molecular formula is C11H13N5. The lowest BCUT2D eigenvalue weighted by Gasteiger charge is -2.03. The second kappa shape index (κ2) is 4.22. The lowest BCUT2D eigenvalue weighted by atomic mass is 10.2. The molecule has 0 saturated heterocycles. The number of nitrogens with zero attached hydrogens (tertiary/aromatic N) is 4. The molecule has 2 rings (SSSR count). The number of pyridine rings is 1. The molecule has 5 nitrogen and oxygen atoms in total. The van der Waals surface area contributed by atoms with Gasteiger partial charge in [-0.05, 0) is 24.6 Å². The van der Waals surface area contributed by atoms with Crippen molar-refractivity contribution >= 4 is 5.95 Å². The summed E-state index contributed by atoms with van der Waals surface area (Å²) in [6, 6.07) is 3.85. The molecule has 0 aromatic carbocycles. The molecule has 2 heterocycles. The van der Waals surface area contributed by atoms with Crippen LogP contribution in [0.2, 0.25) is 0 Å². The minimum Gasteiger partial charge on any atom is -0.368 e. The maximum Gasteiger partial charge on any atom is 0.223 e. The summed E-state index contributed by atoms with van der Waals surface area (Å²) in [4.78, 5) is 16.6. The molecule has 0 aliphatic heterocycles. The molecule has 0 aliphatic carbocycles. The van der Waals surface area contributed by atoms with Crippen LogP contribution in [0.1, 0.15) is 18.3 Å². The van der Waals surface area contributed by atoms with E-state index in [2.05, 4.69) is 19.9 Å². The third kappa shape index (κ3) is 2.13. The van der Waals surface area contributed by atoms with Crippen molar-refractivity contribution < 1.29 is 0 Å². The van der Waals surface area contributed by atoms with Crippen LogP contribution in [0, 0.1) is 6.92 Å². The van der Waals surface area contributed by atoms with Gasteiger partial charge < -0.3 is 5.73 Å². The molecule has 0 spiro atoms. The van der Waals surface area contributed by atoms with Gasteiger partial charge in [0.05, 0.1) is 0 Å². The van der Waals surface area contributed by atoms with Crippen molar-refractivity contribution in [3.8, 4) is 11.5 Å². The Morgan fingerprint density at radius 3 is 2.75 bits per heavy atom. The molecular weight excluding hydrogens is 202 g/mol. The first-order valence-electron chi connectivity index (χ1n) is 5.12. The molecule has 0 bridgehead atoms. The van der Waals surface area contributed by atoms with E-state index < -0.39 is 0 Å². The van der Waals surface area contributed by atoms with Gasteiger partial charge in [-0.15, -0.1) is 0 Å². The second-order valence-electron chi connectivity index (χ2n) is 3.51. The number of aryl methyl sites for hydroxylation is 2. The van der Waals surface area contributed by atoms with Crippen molar-refractivity contribution in [1.82, 2.24) is 19.9 Å². The van der Waals surface area contributed by atoms with Crippen LogP contribution in [0.25, 0.3) is 11.5 Å². The fourth-order valence-electron chi connectivity index (χ4n) is 1.37. The molecule has 0 amide bonds. The van der Waals surface area contributed by atoms with E-state index in [-0.39, 0.29) is 5.95 Å². The lowest BCUT2D eigenvalue weighted by molar-refractivity contribution is 0.909. The largest absolute Gasteiger partial charge is 0.368 e. The number of nitrogens with two attached hydrogens (primary N) is 1. The molecule has 2 aromatic rings. The Balaban J connectivity index is 2.51. The van der Waals surface area contributed by atoms with Gasteiger partial charge in [0.2, 0.25) is 5.95 Å². The van der Waals surface area contributed by atoms with E-state index in [4.69, 9.17) is 5.73 Å². The van der Waals surface area contributed by atoms with Gasteiger partial charge in [0, 0.05) is 12.6 Å². The number of nitrogen functional groups attached to an aromatic ring is 1. The van der Waals surface area contributed by atoms with Crippen LogP contribution in [0.3, 0.4) is 0 Å². The summed E-state index contributed by atoms with van der Waals surface area (Å²) in [7, 11) is 0. The Bertz CT molecular complexity index is 509. The van der Waals surface area contributed by atoms with E-state index in [9.17, 15) is 0 Å². The average Bonchev–Trinajstić information content (AvgIpc) is 2.28. The van der Waals surface area contributed by atoms with E-state index in [1.165, 1.54) is 0 Å².